The number of esters is 1. The van der Waals surface area contributed by atoms with E-state index in [1.807, 2.05) is 12.2 Å². The Bertz CT molecular complexity index is 340. The van der Waals surface area contributed by atoms with Crippen LogP contribution in [0.3, 0.4) is 0 Å². The van der Waals surface area contributed by atoms with Crippen molar-refractivity contribution < 1.29 is 14.3 Å². The van der Waals surface area contributed by atoms with Crippen molar-refractivity contribution in [3.05, 3.63) is 12.2 Å². The Morgan fingerprint density at radius 1 is 1.62 bits per heavy atom. The minimum atomic E-state index is -0.274. The van der Waals surface area contributed by atoms with Gasteiger partial charge in [0, 0.05) is 6.92 Å². The molecule has 0 amide bonds. The van der Waals surface area contributed by atoms with Gasteiger partial charge in [-0.15, -0.1) is 0 Å². The van der Waals surface area contributed by atoms with Gasteiger partial charge in [0.2, 0.25) is 0 Å². The van der Waals surface area contributed by atoms with Crippen LogP contribution < -0.4 is 0 Å². The Balaban J connectivity index is 1.88. The van der Waals surface area contributed by atoms with Crippen molar-refractivity contribution in [2.75, 3.05) is 6.61 Å². The largest absolute Gasteiger partial charge is 0.463 e. The maximum Gasteiger partial charge on any atom is 0.302 e. The summed E-state index contributed by atoms with van der Waals surface area (Å²) in [5.74, 6) is -0.274. The third-order valence-electron chi connectivity index (χ3n) is 2.41. The first kappa shape index (κ1) is 11.7. The summed E-state index contributed by atoms with van der Waals surface area (Å²) in [4.78, 5) is 15.2. The van der Waals surface area contributed by atoms with Gasteiger partial charge in [-0.2, -0.15) is 0 Å². The zero-order chi connectivity index (χ0) is 11.5. The predicted octanol–water partition coefficient (Wildman–Crippen LogP) is 1.75. The fourth-order valence-electron chi connectivity index (χ4n) is 1.63. The van der Waals surface area contributed by atoms with Gasteiger partial charge in [-0.3, -0.25) is 9.79 Å². The summed E-state index contributed by atoms with van der Waals surface area (Å²) in [6.45, 7) is 3.78. The van der Waals surface area contributed by atoms with E-state index < -0.39 is 0 Å². The molecule has 0 saturated heterocycles. The van der Waals surface area contributed by atoms with Crippen molar-refractivity contribution in [2.45, 2.75) is 37.9 Å². The van der Waals surface area contributed by atoms with Crippen molar-refractivity contribution in [3.63, 3.8) is 0 Å². The van der Waals surface area contributed by atoms with Crippen LogP contribution in [0.4, 0.5) is 0 Å². The number of aliphatic imine (C=N–C) groups is 1. The van der Waals surface area contributed by atoms with E-state index in [9.17, 15) is 4.79 Å². The zero-order valence-electron chi connectivity index (χ0n) is 9.38. The first-order chi connectivity index (χ1) is 7.69. The molecule has 0 bridgehead atoms. The lowest BCUT2D eigenvalue weighted by Crippen LogP contribution is -2.32. The summed E-state index contributed by atoms with van der Waals surface area (Å²) in [5, 5.41) is 1.13. The van der Waals surface area contributed by atoms with Crippen molar-refractivity contribution >= 4 is 22.8 Å². The highest BCUT2D eigenvalue weighted by atomic mass is 32.2. The lowest BCUT2D eigenvalue weighted by Gasteiger charge is -2.25. The molecule has 2 rings (SSSR count). The maximum absolute atomic E-state index is 10.7. The molecule has 0 aromatic rings. The van der Waals surface area contributed by atoms with E-state index in [2.05, 4.69) is 11.9 Å². The molecule has 16 heavy (non-hydrogen) atoms. The quantitative estimate of drug-likeness (QED) is 0.558. The average Bonchev–Trinajstić information content (AvgIpc) is 2.68. The first-order valence-corrected chi connectivity index (χ1v) is 6.27. The van der Waals surface area contributed by atoms with Gasteiger partial charge in [0.25, 0.3) is 0 Å². The molecule has 0 aliphatic carbocycles. The minimum absolute atomic E-state index is 0.0560. The molecule has 0 aromatic heterocycles. The van der Waals surface area contributed by atoms with Gasteiger partial charge < -0.3 is 9.47 Å². The van der Waals surface area contributed by atoms with Crippen LogP contribution in [0.1, 0.15) is 20.3 Å². The normalized spacial score (nSPS) is 32.1. The molecule has 3 atom stereocenters. The molecule has 2 heterocycles. The lowest BCUT2D eigenvalue weighted by atomic mass is 10.2. The van der Waals surface area contributed by atoms with Gasteiger partial charge in [-0.1, -0.05) is 30.8 Å². The highest BCUT2D eigenvalue weighted by Gasteiger charge is 2.33. The van der Waals surface area contributed by atoms with Crippen LogP contribution in [0.15, 0.2) is 17.1 Å². The number of rotatable bonds is 3. The molecular weight excluding hydrogens is 226 g/mol. The lowest BCUT2D eigenvalue weighted by molar-refractivity contribution is -0.144. The van der Waals surface area contributed by atoms with E-state index in [1.54, 1.807) is 11.8 Å². The molecule has 0 N–H and O–H groups in total. The smallest absolute Gasteiger partial charge is 0.302 e. The van der Waals surface area contributed by atoms with E-state index in [-0.39, 0.29) is 30.2 Å². The van der Waals surface area contributed by atoms with Gasteiger partial charge in [-0.05, 0) is 6.42 Å². The number of carbonyl (C=O) groups excluding carboxylic acids is 1. The van der Waals surface area contributed by atoms with Crippen molar-refractivity contribution in [3.8, 4) is 0 Å². The molecule has 4 nitrogen and oxygen atoms in total. The second kappa shape index (κ2) is 5.01. The molecule has 0 fully saturated rings. The number of hydrogen-bond acceptors (Lipinski definition) is 5. The van der Waals surface area contributed by atoms with E-state index >= 15 is 0 Å². The van der Waals surface area contributed by atoms with Gasteiger partial charge >= 0.3 is 5.97 Å². The van der Waals surface area contributed by atoms with Gasteiger partial charge in [0.1, 0.15) is 24.2 Å². The molecule has 2 aliphatic rings. The Kier molecular flexibility index (Phi) is 3.66. The molecule has 0 radical (unpaired) electrons. The SMILES string of the molecule is CCC1=N[C@@H]2C=C[C@H](COC(C)=O)O[C@@H]2S1. The van der Waals surface area contributed by atoms with E-state index in [0.717, 1.165) is 11.5 Å². The Hall–Kier alpha value is -0.810. The number of nitrogens with zero attached hydrogens (tertiary/aromatic N) is 1. The fourth-order valence-corrected chi connectivity index (χ4v) is 2.73. The number of hydrogen-bond donors (Lipinski definition) is 0. The summed E-state index contributed by atoms with van der Waals surface area (Å²) in [6, 6.07) is 0.133. The number of carbonyl (C=O) groups is 1. The number of ether oxygens (including phenoxy) is 2. The average molecular weight is 241 g/mol. The molecule has 0 spiro atoms. The summed E-state index contributed by atoms with van der Waals surface area (Å²) in [6.07, 6.45) is 4.78. The third-order valence-corrected chi connectivity index (χ3v) is 3.70. The Morgan fingerprint density at radius 2 is 2.44 bits per heavy atom. The summed E-state index contributed by atoms with van der Waals surface area (Å²) in [7, 11) is 0. The number of fused-ring (bicyclic) bond motifs is 1. The maximum atomic E-state index is 10.7. The van der Waals surface area contributed by atoms with Crippen LogP contribution in [0.5, 0.6) is 0 Å². The van der Waals surface area contributed by atoms with Crippen LogP contribution in [0, 0.1) is 0 Å². The van der Waals surface area contributed by atoms with Crippen LogP contribution in [-0.4, -0.2) is 35.2 Å². The van der Waals surface area contributed by atoms with Gasteiger partial charge in [-0.25, -0.2) is 0 Å². The van der Waals surface area contributed by atoms with Crippen LogP contribution in [-0.2, 0) is 14.3 Å². The van der Waals surface area contributed by atoms with Crippen molar-refractivity contribution in [1.82, 2.24) is 0 Å². The predicted molar refractivity (Wildman–Crippen MR) is 63.5 cm³/mol. The monoisotopic (exact) mass is 241 g/mol. The highest BCUT2D eigenvalue weighted by molar-refractivity contribution is 8.14. The third kappa shape index (κ3) is 2.65. The second-order valence-electron chi connectivity index (χ2n) is 3.72. The zero-order valence-corrected chi connectivity index (χ0v) is 10.2. The Morgan fingerprint density at radius 3 is 3.12 bits per heavy atom. The summed E-state index contributed by atoms with van der Waals surface area (Å²) >= 11 is 1.67. The van der Waals surface area contributed by atoms with E-state index in [0.29, 0.717) is 0 Å². The highest BCUT2D eigenvalue weighted by Crippen LogP contribution is 2.33. The van der Waals surface area contributed by atoms with Crippen LogP contribution in [0.25, 0.3) is 0 Å². The topological polar surface area (TPSA) is 47.9 Å². The first-order valence-electron chi connectivity index (χ1n) is 5.39. The standard InChI is InChI=1S/C11H15NO3S/c1-3-10-12-9-5-4-8(6-14-7(2)13)15-11(9)16-10/h4-5,8-9,11H,3,6H2,1-2H3/t8-,9-,11-/m1/s1. The molecule has 5 heteroatoms. The number of thioether (sulfide) groups is 1. The molecule has 88 valence electrons. The second-order valence-corrected chi connectivity index (χ2v) is 4.89. The molecule has 0 saturated carbocycles. The van der Waals surface area contributed by atoms with Crippen LogP contribution in [0.2, 0.25) is 0 Å². The van der Waals surface area contributed by atoms with Crippen molar-refractivity contribution in [2.24, 2.45) is 4.99 Å². The van der Waals surface area contributed by atoms with E-state index in [4.69, 9.17) is 9.47 Å². The van der Waals surface area contributed by atoms with Crippen LogP contribution >= 0.6 is 11.8 Å². The van der Waals surface area contributed by atoms with Crippen molar-refractivity contribution in [1.29, 1.82) is 0 Å². The van der Waals surface area contributed by atoms with Gasteiger partial charge in [0.15, 0.2) is 0 Å². The summed E-state index contributed by atoms with van der Waals surface area (Å²) in [5.41, 5.74) is 0.0560. The molecule has 0 aromatic carbocycles. The molecule has 0 unspecified atom stereocenters. The molecular formula is C11H15NO3S. The van der Waals surface area contributed by atoms with Gasteiger partial charge in [0.05, 0.1) is 5.04 Å². The Labute approximate surface area is 99.1 Å². The fraction of sp³-hybridized carbons (Fsp3) is 0.636. The van der Waals surface area contributed by atoms with E-state index in [1.165, 1.54) is 6.92 Å². The summed E-state index contributed by atoms with van der Waals surface area (Å²) < 4.78 is 10.7. The minimum Gasteiger partial charge on any atom is -0.463 e. The molecule has 2 aliphatic heterocycles.